The third-order valence-corrected chi connectivity index (χ3v) is 4.60. The molecule has 112 valence electrons. The number of piperidine rings is 1. The average molecular weight is 282 g/mol. The van der Waals surface area contributed by atoms with Gasteiger partial charge in [-0.15, -0.1) is 0 Å². The number of fused-ring (bicyclic) bond motifs is 1. The zero-order valence-electron chi connectivity index (χ0n) is 13.0. The normalized spacial score (nSPS) is 18.0. The van der Waals surface area contributed by atoms with Crippen LogP contribution in [0.25, 0.3) is 10.8 Å². The predicted octanol–water partition coefficient (Wildman–Crippen LogP) is 3.80. The third-order valence-electron chi connectivity index (χ3n) is 4.60. The monoisotopic (exact) mass is 282 g/mol. The van der Waals surface area contributed by atoms with Gasteiger partial charge in [-0.05, 0) is 55.3 Å². The van der Waals surface area contributed by atoms with Gasteiger partial charge in [0.25, 0.3) is 0 Å². The summed E-state index contributed by atoms with van der Waals surface area (Å²) in [5, 5.41) is 6.28. The highest BCUT2D eigenvalue weighted by Crippen LogP contribution is 2.16. The van der Waals surface area contributed by atoms with E-state index in [-0.39, 0.29) is 0 Å². The molecule has 1 aliphatic rings. The van der Waals surface area contributed by atoms with Crippen molar-refractivity contribution >= 4 is 10.8 Å². The van der Waals surface area contributed by atoms with Gasteiger partial charge in [0.1, 0.15) is 0 Å². The van der Waals surface area contributed by atoms with E-state index in [9.17, 15) is 0 Å². The molecule has 2 aromatic rings. The number of rotatable bonds is 5. The molecule has 0 bridgehead atoms. The second-order valence-corrected chi connectivity index (χ2v) is 6.26. The van der Waals surface area contributed by atoms with E-state index in [2.05, 4.69) is 59.6 Å². The van der Waals surface area contributed by atoms with Gasteiger partial charge in [-0.25, -0.2) is 0 Å². The highest BCUT2D eigenvalue weighted by atomic mass is 15.2. The lowest BCUT2D eigenvalue weighted by Crippen LogP contribution is -2.42. The van der Waals surface area contributed by atoms with Crippen molar-refractivity contribution in [3.8, 4) is 0 Å². The SMILES string of the molecule is CC(CNCc1ccc2ccccc2c1)N1CCCCC1. The number of hydrogen-bond acceptors (Lipinski definition) is 2. The van der Waals surface area contributed by atoms with Crippen LogP contribution in [0, 0.1) is 0 Å². The van der Waals surface area contributed by atoms with Crippen LogP contribution >= 0.6 is 0 Å². The Hall–Kier alpha value is -1.38. The van der Waals surface area contributed by atoms with Crippen LogP contribution in [0.3, 0.4) is 0 Å². The molecule has 1 fully saturated rings. The predicted molar refractivity (Wildman–Crippen MR) is 90.5 cm³/mol. The van der Waals surface area contributed by atoms with Crippen molar-refractivity contribution in [1.82, 2.24) is 10.2 Å². The Morgan fingerprint density at radius 1 is 1.00 bits per heavy atom. The summed E-state index contributed by atoms with van der Waals surface area (Å²) in [4.78, 5) is 2.62. The summed E-state index contributed by atoms with van der Waals surface area (Å²) in [6.45, 7) is 6.94. The van der Waals surface area contributed by atoms with Crippen molar-refractivity contribution in [3.05, 3.63) is 48.0 Å². The number of nitrogens with one attached hydrogen (secondary N) is 1. The highest BCUT2D eigenvalue weighted by Gasteiger charge is 2.15. The van der Waals surface area contributed by atoms with Gasteiger partial charge in [0.15, 0.2) is 0 Å². The smallest absolute Gasteiger partial charge is 0.0206 e. The minimum Gasteiger partial charge on any atom is -0.311 e. The van der Waals surface area contributed by atoms with Gasteiger partial charge < -0.3 is 5.32 Å². The Morgan fingerprint density at radius 2 is 1.76 bits per heavy atom. The fourth-order valence-electron chi connectivity index (χ4n) is 3.26. The van der Waals surface area contributed by atoms with Crippen LogP contribution in [0.2, 0.25) is 0 Å². The minimum absolute atomic E-state index is 0.644. The largest absolute Gasteiger partial charge is 0.311 e. The minimum atomic E-state index is 0.644. The first-order valence-corrected chi connectivity index (χ1v) is 8.25. The van der Waals surface area contributed by atoms with Crippen LogP contribution < -0.4 is 5.32 Å². The fourth-order valence-corrected chi connectivity index (χ4v) is 3.26. The molecule has 21 heavy (non-hydrogen) atoms. The molecule has 1 heterocycles. The van der Waals surface area contributed by atoms with E-state index in [1.54, 1.807) is 0 Å². The summed E-state index contributed by atoms with van der Waals surface area (Å²) in [5.41, 5.74) is 1.37. The Morgan fingerprint density at radius 3 is 2.57 bits per heavy atom. The zero-order valence-corrected chi connectivity index (χ0v) is 13.0. The lowest BCUT2D eigenvalue weighted by atomic mass is 10.1. The van der Waals surface area contributed by atoms with Crippen LogP contribution in [0.5, 0.6) is 0 Å². The van der Waals surface area contributed by atoms with E-state index in [1.807, 2.05) is 0 Å². The van der Waals surface area contributed by atoms with Crippen molar-refractivity contribution in [2.75, 3.05) is 19.6 Å². The van der Waals surface area contributed by atoms with Crippen molar-refractivity contribution < 1.29 is 0 Å². The molecular weight excluding hydrogens is 256 g/mol. The maximum Gasteiger partial charge on any atom is 0.0206 e. The molecule has 2 aromatic carbocycles. The van der Waals surface area contributed by atoms with E-state index in [4.69, 9.17) is 0 Å². The molecule has 1 saturated heterocycles. The summed E-state index contributed by atoms with van der Waals surface area (Å²) < 4.78 is 0. The van der Waals surface area contributed by atoms with E-state index in [0.29, 0.717) is 6.04 Å². The Labute approximate surface area is 128 Å². The van der Waals surface area contributed by atoms with E-state index >= 15 is 0 Å². The standard InChI is InChI=1S/C19H26N2/c1-16(21-11-5-2-6-12-21)14-20-15-17-9-10-18-7-3-4-8-19(18)13-17/h3-4,7-10,13,16,20H,2,5-6,11-12,14-15H2,1H3. The third kappa shape index (κ3) is 3.84. The van der Waals surface area contributed by atoms with Gasteiger partial charge in [-0.2, -0.15) is 0 Å². The number of likely N-dealkylation sites (tertiary alicyclic amines) is 1. The van der Waals surface area contributed by atoms with E-state index in [0.717, 1.165) is 13.1 Å². The molecule has 0 amide bonds. The molecule has 0 radical (unpaired) electrons. The lowest BCUT2D eigenvalue weighted by molar-refractivity contribution is 0.170. The second kappa shape index (κ2) is 7.06. The van der Waals surface area contributed by atoms with Crippen molar-refractivity contribution in [2.24, 2.45) is 0 Å². The quantitative estimate of drug-likeness (QED) is 0.897. The molecule has 0 aliphatic carbocycles. The first-order valence-electron chi connectivity index (χ1n) is 8.25. The lowest BCUT2D eigenvalue weighted by Gasteiger charge is -2.32. The van der Waals surface area contributed by atoms with Gasteiger partial charge in [0.2, 0.25) is 0 Å². The molecular formula is C19H26N2. The summed E-state index contributed by atoms with van der Waals surface area (Å²) >= 11 is 0. The molecule has 1 atom stereocenters. The van der Waals surface area contributed by atoms with E-state index < -0.39 is 0 Å². The molecule has 2 heteroatoms. The van der Waals surface area contributed by atoms with E-state index in [1.165, 1.54) is 48.7 Å². The van der Waals surface area contributed by atoms with Gasteiger partial charge in [0.05, 0.1) is 0 Å². The van der Waals surface area contributed by atoms with Gasteiger partial charge >= 0.3 is 0 Å². The molecule has 1 N–H and O–H groups in total. The maximum atomic E-state index is 3.62. The highest BCUT2D eigenvalue weighted by molar-refractivity contribution is 5.82. The Kier molecular flexibility index (Phi) is 4.89. The maximum absolute atomic E-state index is 3.62. The Balaban J connectivity index is 1.51. The Bertz CT molecular complexity index is 573. The van der Waals surface area contributed by atoms with Crippen LogP contribution in [0.4, 0.5) is 0 Å². The van der Waals surface area contributed by atoms with Gasteiger partial charge in [-0.3, -0.25) is 4.90 Å². The summed E-state index contributed by atoms with van der Waals surface area (Å²) in [6, 6.07) is 16.0. The molecule has 1 aliphatic heterocycles. The van der Waals surface area contributed by atoms with Gasteiger partial charge in [0, 0.05) is 19.1 Å². The average Bonchev–Trinajstić information content (AvgIpc) is 2.55. The number of nitrogens with zero attached hydrogens (tertiary/aromatic N) is 1. The molecule has 0 spiro atoms. The fraction of sp³-hybridized carbons (Fsp3) is 0.474. The van der Waals surface area contributed by atoms with Gasteiger partial charge in [-0.1, -0.05) is 42.8 Å². The summed E-state index contributed by atoms with van der Waals surface area (Å²) in [7, 11) is 0. The molecule has 3 rings (SSSR count). The van der Waals surface area contributed by atoms with Crippen LogP contribution in [0.1, 0.15) is 31.7 Å². The van der Waals surface area contributed by atoms with Crippen molar-refractivity contribution in [2.45, 2.75) is 38.8 Å². The van der Waals surface area contributed by atoms with Crippen LogP contribution in [0.15, 0.2) is 42.5 Å². The molecule has 1 unspecified atom stereocenters. The first kappa shape index (κ1) is 14.6. The number of benzene rings is 2. The summed E-state index contributed by atoms with van der Waals surface area (Å²) in [6.07, 6.45) is 4.15. The topological polar surface area (TPSA) is 15.3 Å². The molecule has 0 saturated carbocycles. The molecule has 2 nitrogen and oxygen atoms in total. The van der Waals surface area contributed by atoms with Crippen molar-refractivity contribution in [1.29, 1.82) is 0 Å². The first-order chi connectivity index (χ1) is 10.3. The summed E-state index contributed by atoms with van der Waals surface area (Å²) in [5.74, 6) is 0. The van der Waals surface area contributed by atoms with Crippen molar-refractivity contribution in [3.63, 3.8) is 0 Å². The second-order valence-electron chi connectivity index (χ2n) is 6.26. The van der Waals surface area contributed by atoms with Crippen LogP contribution in [-0.2, 0) is 6.54 Å². The zero-order chi connectivity index (χ0) is 14.5. The van der Waals surface area contributed by atoms with Crippen LogP contribution in [-0.4, -0.2) is 30.6 Å². The number of hydrogen-bond donors (Lipinski definition) is 1. The molecule has 0 aromatic heterocycles.